The second-order valence-electron chi connectivity index (χ2n) is 12.0. The fourth-order valence-electron chi connectivity index (χ4n) is 7.51. The number of carboxylic acid groups (broad SMARTS) is 1. The fraction of sp³-hybridized carbons (Fsp3) is 0.559. The first-order valence-electron chi connectivity index (χ1n) is 15.2. The number of ether oxygens (including phenoxy) is 1. The first-order valence-corrected chi connectivity index (χ1v) is 15.6. The van der Waals surface area contributed by atoms with Crippen molar-refractivity contribution in [3.05, 3.63) is 52.5 Å². The summed E-state index contributed by atoms with van der Waals surface area (Å²) in [5.74, 6) is 0.341. The van der Waals surface area contributed by atoms with E-state index in [9.17, 15) is 9.90 Å². The number of fused-ring (bicyclic) bond motifs is 5. The van der Waals surface area contributed by atoms with E-state index in [1.807, 2.05) is 12.1 Å². The van der Waals surface area contributed by atoms with Crippen molar-refractivity contribution in [3.8, 4) is 11.3 Å². The van der Waals surface area contributed by atoms with Crippen molar-refractivity contribution in [1.82, 2.24) is 9.47 Å². The van der Waals surface area contributed by atoms with E-state index >= 15 is 0 Å². The molecule has 1 aliphatic carbocycles. The van der Waals surface area contributed by atoms with Crippen molar-refractivity contribution < 1.29 is 14.6 Å². The summed E-state index contributed by atoms with van der Waals surface area (Å²) < 4.78 is 7.77. The van der Waals surface area contributed by atoms with Crippen molar-refractivity contribution in [2.24, 2.45) is 5.92 Å². The monoisotopic (exact) mass is 579 g/mol. The third-order valence-corrected chi connectivity index (χ3v) is 9.77. The molecule has 3 aromatic rings. The minimum atomic E-state index is -0.871. The van der Waals surface area contributed by atoms with Crippen molar-refractivity contribution in [2.75, 3.05) is 51.3 Å². The number of piperidine rings is 1. The number of halogens is 1. The van der Waals surface area contributed by atoms with Crippen LogP contribution in [0.3, 0.4) is 0 Å². The largest absolute Gasteiger partial charge is 0.478 e. The lowest BCUT2D eigenvalue weighted by molar-refractivity contribution is 0.0697. The molecule has 2 fully saturated rings. The Balaban J connectivity index is 0.00000337. The average Bonchev–Trinajstić information content (AvgIpc) is 3.21. The zero-order chi connectivity index (χ0) is 27.6. The third kappa shape index (κ3) is 6.16. The SMILES string of the molecule is C.COCC[C@H]1CCCN(CCN2CCn3c(c(C4CCCCC4)c4ccc(C(=O)O)cc43)-c3ccc(Cl)cc32)C1. The average molecular weight is 580 g/mol. The van der Waals surface area contributed by atoms with Crippen LogP contribution in [0.4, 0.5) is 5.69 Å². The zero-order valence-corrected chi connectivity index (χ0v) is 24.5. The van der Waals surface area contributed by atoms with Crippen LogP contribution in [0.25, 0.3) is 22.2 Å². The minimum Gasteiger partial charge on any atom is -0.478 e. The van der Waals surface area contributed by atoms with E-state index in [0.717, 1.165) is 62.8 Å². The number of methoxy groups -OCH3 is 1. The van der Waals surface area contributed by atoms with Crippen molar-refractivity contribution in [1.29, 1.82) is 0 Å². The standard InChI is InChI=1S/C33H42ClN3O3.CH4/c1-40-19-13-23-6-5-14-35(22-23)15-16-36-17-18-37-30-20-25(33(38)39)9-11-27(30)31(24-7-3-2-4-8-24)32(37)28-12-10-26(34)21-29(28)36;/h9-12,20-21,23-24H,2-8,13-19,22H2,1H3,(H,38,39);1H4/t23-;/m1./s1. The van der Waals surface area contributed by atoms with Gasteiger partial charge in [-0.15, -0.1) is 0 Å². The summed E-state index contributed by atoms with van der Waals surface area (Å²) in [6.07, 6.45) is 9.89. The minimum absolute atomic E-state index is 0. The number of hydrogen-bond donors (Lipinski definition) is 1. The molecule has 3 aliphatic rings. The van der Waals surface area contributed by atoms with E-state index in [4.69, 9.17) is 16.3 Å². The number of aromatic carboxylic acids is 1. The molecule has 0 bridgehead atoms. The maximum Gasteiger partial charge on any atom is 0.335 e. The summed E-state index contributed by atoms with van der Waals surface area (Å²) >= 11 is 6.64. The number of carboxylic acids is 1. The molecule has 7 heteroatoms. The highest BCUT2D eigenvalue weighted by Gasteiger charge is 2.31. The Morgan fingerprint density at radius 3 is 2.61 bits per heavy atom. The summed E-state index contributed by atoms with van der Waals surface area (Å²) in [6, 6.07) is 12.1. The Morgan fingerprint density at radius 2 is 1.83 bits per heavy atom. The zero-order valence-electron chi connectivity index (χ0n) is 23.7. The Bertz CT molecular complexity index is 1360. The maximum absolute atomic E-state index is 12.0. The van der Waals surface area contributed by atoms with Crippen LogP contribution in [0.1, 0.15) is 80.6 Å². The van der Waals surface area contributed by atoms with Crippen LogP contribution in [-0.2, 0) is 11.3 Å². The van der Waals surface area contributed by atoms with Gasteiger partial charge in [-0.3, -0.25) is 0 Å². The maximum atomic E-state index is 12.0. The molecule has 41 heavy (non-hydrogen) atoms. The van der Waals surface area contributed by atoms with Gasteiger partial charge in [-0.2, -0.15) is 0 Å². The van der Waals surface area contributed by atoms with E-state index in [1.54, 1.807) is 13.2 Å². The smallest absolute Gasteiger partial charge is 0.335 e. The number of nitrogens with zero attached hydrogens (tertiary/aromatic N) is 3. The molecule has 1 atom stereocenters. The highest BCUT2D eigenvalue weighted by atomic mass is 35.5. The Labute approximate surface area is 250 Å². The second kappa shape index (κ2) is 13.2. The van der Waals surface area contributed by atoms with Gasteiger partial charge >= 0.3 is 5.97 Å². The number of likely N-dealkylation sites (tertiary alicyclic amines) is 1. The quantitative estimate of drug-likeness (QED) is 0.294. The molecule has 0 unspecified atom stereocenters. The molecule has 0 radical (unpaired) electrons. The Kier molecular flexibility index (Phi) is 9.63. The van der Waals surface area contributed by atoms with Crippen LogP contribution in [0.15, 0.2) is 36.4 Å². The van der Waals surface area contributed by atoms with Crippen LogP contribution < -0.4 is 4.90 Å². The normalized spacial score (nSPS) is 19.9. The van der Waals surface area contributed by atoms with Gasteiger partial charge in [0.05, 0.1) is 11.3 Å². The van der Waals surface area contributed by atoms with E-state index in [2.05, 4.69) is 32.6 Å². The molecule has 3 heterocycles. The number of anilines is 1. The van der Waals surface area contributed by atoms with Gasteiger partial charge in [0.25, 0.3) is 0 Å². The molecule has 2 aliphatic heterocycles. The first kappa shape index (κ1) is 29.9. The number of benzene rings is 2. The molecule has 1 aromatic heterocycles. The molecule has 1 saturated heterocycles. The number of aromatic nitrogens is 1. The predicted octanol–water partition coefficient (Wildman–Crippen LogP) is 7.91. The number of carbonyl (C=O) groups is 1. The van der Waals surface area contributed by atoms with Crippen molar-refractivity contribution in [3.63, 3.8) is 0 Å². The molecule has 1 N–H and O–H groups in total. The molecule has 0 amide bonds. The molecule has 0 spiro atoms. The number of rotatable bonds is 8. The van der Waals surface area contributed by atoms with Crippen molar-refractivity contribution >= 4 is 34.2 Å². The third-order valence-electron chi connectivity index (χ3n) is 9.53. The summed E-state index contributed by atoms with van der Waals surface area (Å²) in [4.78, 5) is 17.1. The molecule has 1 saturated carbocycles. The van der Waals surface area contributed by atoms with Gasteiger partial charge in [0.1, 0.15) is 0 Å². The van der Waals surface area contributed by atoms with Crippen LogP contribution in [0.5, 0.6) is 0 Å². The Morgan fingerprint density at radius 1 is 1.00 bits per heavy atom. The van der Waals surface area contributed by atoms with E-state index in [-0.39, 0.29) is 7.43 Å². The van der Waals surface area contributed by atoms with Crippen LogP contribution in [0, 0.1) is 5.92 Å². The van der Waals surface area contributed by atoms with E-state index in [0.29, 0.717) is 17.4 Å². The molecule has 6 nitrogen and oxygen atoms in total. The summed E-state index contributed by atoms with van der Waals surface area (Å²) in [7, 11) is 1.80. The van der Waals surface area contributed by atoms with Crippen LogP contribution >= 0.6 is 11.6 Å². The van der Waals surface area contributed by atoms with Gasteiger partial charge < -0.3 is 24.2 Å². The topological polar surface area (TPSA) is 57.9 Å². The lowest BCUT2D eigenvalue weighted by Crippen LogP contribution is -2.41. The lowest BCUT2D eigenvalue weighted by Gasteiger charge is -2.35. The molecule has 6 rings (SSSR count). The molecular formula is C34H46ClN3O3. The second-order valence-corrected chi connectivity index (χ2v) is 12.5. The van der Waals surface area contributed by atoms with Gasteiger partial charge in [-0.05, 0) is 86.4 Å². The van der Waals surface area contributed by atoms with Gasteiger partial charge in [-0.1, -0.05) is 44.4 Å². The molecule has 2 aromatic carbocycles. The summed E-state index contributed by atoms with van der Waals surface area (Å²) in [5.41, 5.74) is 6.53. The predicted molar refractivity (Wildman–Crippen MR) is 170 cm³/mol. The lowest BCUT2D eigenvalue weighted by atomic mass is 9.81. The fourth-order valence-corrected chi connectivity index (χ4v) is 7.68. The first-order chi connectivity index (χ1) is 19.5. The van der Waals surface area contributed by atoms with E-state index in [1.165, 1.54) is 72.8 Å². The number of hydrogen-bond acceptors (Lipinski definition) is 4. The van der Waals surface area contributed by atoms with Gasteiger partial charge in [0.2, 0.25) is 0 Å². The van der Waals surface area contributed by atoms with Crippen molar-refractivity contribution in [2.45, 2.75) is 71.3 Å². The Hall–Kier alpha value is -2.54. The summed E-state index contributed by atoms with van der Waals surface area (Å²) in [5, 5.41) is 11.8. The summed E-state index contributed by atoms with van der Waals surface area (Å²) in [6.45, 7) is 6.82. The van der Waals surface area contributed by atoms with Crippen LogP contribution in [0.2, 0.25) is 5.02 Å². The van der Waals surface area contributed by atoms with Gasteiger partial charge in [0.15, 0.2) is 0 Å². The van der Waals surface area contributed by atoms with Gasteiger partial charge in [0, 0.05) is 73.6 Å². The highest BCUT2D eigenvalue weighted by Crippen LogP contribution is 2.48. The highest BCUT2D eigenvalue weighted by molar-refractivity contribution is 6.31. The van der Waals surface area contributed by atoms with E-state index < -0.39 is 5.97 Å². The van der Waals surface area contributed by atoms with Gasteiger partial charge in [-0.25, -0.2) is 4.79 Å². The van der Waals surface area contributed by atoms with Crippen LogP contribution in [-0.4, -0.2) is 67.0 Å². The molecule has 222 valence electrons. The molecular weight excluding hydrogens is 534 g/mol.